The van der Waals surface area contributed by atoms with Gasteiger partial charge in [-0.3, -0.25) is 47.9 Å². The largest absolute Gasteiger partial charge is 0.481 e. The average Bonchev–Trinajstić information content (AvgIpc) is 1.56. The van der Waals surface area contributed by atoms with Crippen molar-refractivity contribution in [3.63, 3.8) is 0 Å². The van der Waals surface area contributed by atoms with E-state index in [0.29, 0.717) is 6.42 Å². The fourth-order valence-electron chi connectivity index (χ4n) is 10.6. The number of rotatable bonds is 39. The van der Waals surface area contributed by atoms with E-state index in [9.17, 15) is 97.5 Å². The average molecular weight is 1310 g/mol. The number of ether oxygens (including phenoxy) is 5. The van der Waals surface area contributed by atoms with E-state index < -0.39 is 237 Å². The number of carboxylic acid groups (broad SMARTS) is 5. The summed E-state index contributed by atoms with van der Waals surface area (Å²) in [6.45, 7) is 14.4. The fraction of sp³-hybridized carbons (Fsp3) is 0.683. The van der Waals surface area contributed by atoms with Crippen molar-refractivity contribution >= 4 is 89.2 Å². The summed E-state index contributed by atoms with van der Waals surface area (Å²) in [6.07, 6.45) is -6.94. The van der Waals surface area contributed by atoms with Crippen LogP contribution in [0.4, 0.5) is 0 Å². The standard InChI is InChI=1S/C60H90N6O26/c1-11-13-14-15-16-17-46(75)90-50-48-47(32(6)49(50)91-57(85)29(3)12-2)51(88-33(7)67)60(10,87)40(28-59(48,9)92-34(8)68)89-58(86)30(4)26-31(5)62-44(72)27-35(61)52(76)66-39(56(83)84)20-24-43(71)64-37(54(79)80)18-22-41(69)63-36(53(77)78)19-23-42(70)65-38(55(81)82)21-25-45(73)74/h12,30-31,35-40,48-51,87H,11,13-28,61H2,1-10H3,(H,62,72)(H,63,69)(H,64,71)(H,65,70)(H,66,76)(H,73,74)(H,77,78)(H,79,80)(H,81,82)(H,83,84)/b29-12-/t30?,31?,35-,36-,37-,38-,39-,40-,48+,49-,50-,51-,59-,60+/m0/s1. The van der Waals surface area contributed by atoms with Gasteiger partial charge in [0.25, 0.3) is 0 Å². The van der Waals surface area contributed by atoms with Crippen molar-refractivity contribution in [1.29, 1.82) is 0 Å². The van der Waals surface area contributed by atoms with E-state index in [4.69, 9.17) is 34.5 Å². The van der Waals surface area contributed by atoms with Gasteiger partial charge >= 0.3 is 59.7 Å². The highest BCUT2D eigenvalue weighted by atomic mass is 16.6. The van der Waals surface area contributed by atoms with Crippen molar-refractivity contribution in [2.24, 2.45) is 17.6 Å². The van der Waals surface area contributed by atoms with Crippen LogP contribution in [0.5, 0.6) is 0 Å². The molecule has 14 atom stereocenters. The van der Waals surface area contributed by atoms with Crippen molar-refractivity contribution in [2.45, 2.75) is 250 Å². The van der Waals surface area contributed by atoms with Crippen molar-refractivity contribution in [3.8, 4) is 0 Å². The van der Waals surface area contributed by atoms with Crippen LogP contribution in [0, 0.1) is 11.8 Å². The number of esters is 5. The second kappa shape index (κ2) is 37.1. The highest BCUT2D eigenvalue weighted by Gasteiger charge is 2.65. The molecule has 0 spiro atoms. The zero-order valence-corrected chi connectivity index (χ0v) is 53.5. The molecule has 1 fully saturated rings. The molecule has 0 bridgehead atoms. The predicted molar refractivity (Wildman–Crippen MR) is 316 cm³/mol. The molecule has 5 amide bonds. The molecule has 1 saturated carbocycles. The predicted octanol–water partition coefficient (Wildman–Crippen LogP) is 1.13. The first-order valence-electron chi connectivity index (χ1n) is 30.2. The number of fused-ring (bicyclic) bond motifs is 1. The van der Waals surface area contributed by atoms with Crippen LogP contribution in [0.25, 0.3) is 0 Å². The molecule has 2 aliphatic rings. The van der Waals surface area contributed by atoms with E-state index in [-0.39, 0.29) is 29.6 Å². The maximum absolute atomic E-state index is 14.1. The topological polar surface area (TPSA) is 510 Å². The minimum absolute atomic E-state index is 0.0235. The molecule has 2 rings (SSSR count). The van der Waals surface area contributed by atoms with Gasteiger partial charge in [0, 0.05) is 64.0 Å². The molecule has 32 nitrogen and oxygen atoms in total. The third kappa shape index (κ3) is 25.3. The summed E-state index contributed by atoms with van der Waals surface area (Å²) in [6, 6.07) is -9.46. The lowest BCUT2D eigenvalue weighted by Crippen LogP contribution is -2.54. The summed E-state index contributed by atoms with van der Waals surface area (Å²) in [5, 5.41) is 70.6. The van der Waals surface area contributed by atoms with Crippen molar-refractivity contribution in [1.82, 2.24) is 26.6 Å². The molecule has 0 aromatic heterocycles. The van der Waals surface area contributed by atoms with Gasteiger partial charge in [0.1, 0.15) is 41.5 Å². The number of hydrogen-bond acceptors (Lipinski definition) is 22. The Morgan fingerprint density at radius 3 is 1.54 bits per heavy atom. The number of carboxylic acids is 5. The van der Waals surface area contributed by atoms with Crippen LogP contribution in [0.3, 0.4) is 0 Å². The van der Waals surface area contributed by atoms with Gasteiger partial charge in [-0.25, -0.2) is 24.0 Å². The minimum atomic E-state index is -2.34. The van der Waals surface area contributed by atoms with E-state index in [2.05, 4.69) is 26.6 Å². The third-order valence-corrected chi connectivity index (χ3v) is 15.6. The Kier molecular flexibility index (Phi) is 32.1. The molecule has 516 valence electrons. The highest BCUT2D eigenvalue weighted by Crippen LogP contribution is 2.53. The monoisotopic (exact) mass is 1310 g/mol. The Labute approximate surface area is 531 Å². The summed E-state index contributed by atoms with van der Waals surface area (Å²) < 4.78 is 30.0. The van der Waals surface area contributed by atoms with Crippen molar-refractivity contribution in [3.05, 3.63) is 22.8 Å². The van der Waals surface area contributed by atoms with Gasteiger partial charge in [0.2, 0.25) is 29.5 Å². The van der Waals surface area contributed by atoms with Crippen LogP contribution in [-0.4, -0.2) is 192 Å². The zero-order valence-electron chi connectivity index (χ0n) is 53.5. The third-order valence-electron chi connectivity index (χ3n) is 15.6. The molecule has 0 aliphatic heterocycles. The first-order valence-corrected chi connectivity index (χ1v) is 30.2. The first-order chi connectivity index (χ1) is 42.8. The number of nitrogens with two attached hydrogens (primary N) is 1. The van der Waals surface area contributed by atoms with Crippen LogP contribution in [0.2, 0.25) is 0 Å². The Morgan fingerprint density at radius 1 is 0.620 bits per heavy atom. The fourth-order valence-corrected chi connectivity index (χ4v) is 10.6. The molecule has 2 unspecified atom stereocenters. The van der Waals surface area contributed by atoms with Crippen molar-refractivity contribution < 1.29 is 126 Å². The number of allylic oxidation sites excluding steroid dienone is 1. The smallest absolute Gasteiger partial charge is 0.334 e. The number of amides is 5. The van der Waals surface area contributed by atoms with Crippen molar-refractivity contribution in [2.75, 3.05) is 0 Å². The molecule has 0 radical (unpaired) electrons. The van der Waals surface area contributed by atoms with E-state index >= 15 is 0 Å². The van der Waals surface area contributed by atoms with Crippen LogP contribution < -0.4 is 32.3 Å². The maximum atomic E-state index is 14.1. The number of aliphatic carboxylic acids is 5. The normalized spacial score (nSPS) is 22.5. The van der Waals surface area contributed by atoms with Gasteiger partial charge in [0.15, 0.2) is 18.3 Å². The molecule has 0 aromatic carbocycles. The molecule has 13 N–H and O–H groups in total. The molecule has 2 aliphatic carbocycles. The number of carbonyl (C=O) groups is 15. The Bertz CT molecular complexity index is 2800. The summed E-state index contributed by atoms with van der Waals surface area (Å²) in [7, 11) is 0. The van der Waals surface area contributed by atoms with Crippen LogP contribution >= 0.6 is 0 Å². The van der Waals surface area contributed by atoms with E-state index in [1.165, 1.54) is 47.6 Å². The number of aliphatic hydroxyl groups is 1. The van der Waals surface area contributed by atoms with Gasteiger partial charge in [0.05, 0.1) is 24.3 Å². The Morgan fingerprint density at radius 2 is 1.10 bits per heavy atom. The van der Waals surface area contributed by atoms with Gasteiger partial charge in [-0.05, 0) is 91.2 Å². The van der Waals surface area contributed by atoms with Gasteiger partial charge in [-0.15, -0.1) is 0 Å². The second-order valence-electron chi connectivity index (χ2n) is 23.5. The quantitative estimate of drug-likeness (QED) is 0.0135. The number of nitrogens with one attached hydrogen (secondary N) is 5. The zero-order chi connectivity index (χ0) is 70.1. The van der Waals surface area contributed by atoms with E-state index in [1.807, 2.05) is 6.92 Å². The van der Waals surface area contributed by atoms with Gasteiger partial charge in [-0.1, -0.05) is 45.6 Å². The highest BCUT2D eigenvalue weighted by molar-refractivity contribution is 5.92. The van der Waals surface area contributed by atoms with E-state index in [1.54, 1.807) is 6.92 Å². The van der Waals surface area contributed by atoms with Crippen LogP contribution in [-0.2, 0) is 95.6 Å². The lowest BCUT2D eigenvalue weighted by molar-refractivity contribution is -0.196. The number of hydrogen-bond donors (Lipinski definition) is 12. The number of carbonyl (C=O) groups excluding carboxylic acids is 10. The summed E-state index contributed by atoms with van der Waals surface area (Å²) >= 11 is 0. The maximum Gasteiger partial charge on any atom is 0.334 e. The molecule has 0 saturated heterocycles. The Hall–Kier alpha value is -8.55. The molecule has 92 heavy (non-hydrogen) atoms. The Balaban J connectivity index is 2.17. The molecule has 32 heteroatoms. The van der Waals surface area contributed by atoms with Crippen LogP contribution in [0.1, 0.15) is 178 Å². The SMILES string of the molecule is C/C=C(/C)C(=O)O[C@H]1C(C)=C2[C@H]([C@@H]1OC(=O)CCCCCCC)[C@@](C)(OC(C)=O)C[C@H](OC(=O)C(C)CC(C)NC(=O)C[C@H](N)C(=O)N[C@@H](CCC(=O)N[C@@H](CCC(=O)N[C@@H](CCC(=O)N[C@@H](CCC(=O)O)C(=O)O)C(=O)O)C(=O)O)C(=O)O)[C@@](C)(O)[C@H]2OC(C)=O. The van der Waals surface area contributed by atoms with Crippen LogP contribution in [0.15, 0.2) is 22.8 Å². The lowest BCUT2D eigenvalue weighted by atomic mass is 9.79. The van der Waals surface area contributed by atoms with Gasteiger partial charge in [-0.2, -0.15) is 0 Å². The van der Waals surface area contributed by atoms with Gasteiger partial charge < -0.3 is 86.6 Å². The summed E-state index contributed by atoms with van der Waals surface area (Å²) in [4.78, 5) is 189. The molecular formula is C60H90N6O26. The molecule has 0 heterocycles. The molecular weight excluding hydrogens is 1220 g/mol. The lowest BCUT2D eigenvalue weighted by Gasteiger charge is -2.40. The molecule has 0 aromatic rings. The summed E-state index contributed by atoms with van der Waals surface area (Å²) in [5.74, 6) is -19.4. The number of unbranched alkanes of at least 4 members (excludes halogenated alkanes) is 4. The first kappa shape index (κ1) is 79.5. The minimum Gasteiger partial charge on any atom is -0.481 e. The summed E-state index contributed by atoms with van der Waals surface area (Å²) in [5.41, 5.74) is 2.28. The second-order valence-corrected chi connectivity index (χ2v) is 23.5. The van der Waals surface area contributed by atoms with E-state index in [0.717, 1.165) is 39.5 Å².